The van der Waals surface area contributed by atoms with Crippen LogP contribution in [0.3, 0.4) is 0 Å². The highest BCUT2D eigenvalue weighted by Gasteiger charge is 2.26. The molecule has 2 fully saturated rings. The molecule has 5 rings (SSSR count). The number of pyridine rings is 1. The van der Waals surface area contributed by atoms with Crippen molar-refractivity contribution in [2.75, 3.05) is 39.4 Å². The van der Waals surface area contributed by atoms with Crippen molar-refractivity contribution >= 4 is 17.3 Å². The molecule has 3 aromatic rings. The summed E-state index contributed by atoms with van der Waals surface area (Å²) in [5.41, 5.74) is 3.92. The van der Waals surface area contributed by atoms with Crippen LogP contribution in [0.5, 0.6) is 0 Å². The molecular weight excluding hydrogens is 416 g/mol. The standard InChI is InChI=1S/C26H30N4O3/c31-25(7-6-20-4-2-1-3-5-20)28-11-8-21(9-12-28)22-10-13-30-24(18-22)23(19-27-30)26(32)29-14-16-33-17-15-29/h1-5,10,13,18-19,21H,6-9,11-12,14-17H2. The molecule has 0 radical (unpaired) electrons. The maximum absolute atomic E-state index is 13.0. The van der Waals surface area contributed by atoms with Gasteiger partial charge >= 0.3 is 0 Å². The lowest BCUT2D eigenvalue weighted by Gasteiger charge is -2.32. The molecule has 2 saturated heterocycles. The molecule has 0 saturated carbocycles. The number of carbonyl (C=O) groups excluding carboxylic acids is 2. The molecule has 2 aliphatic heterocycles. The number of hydrogen-bond acceptors (Lipinski definition) is 4. The largest absolute Gasteiger partial charge is 0.378 e. The van der Waals surface area contributed by atoms with Crippen molar-refractivity contribution in [1.82, 2.24) is 19.4 Å². The topological polar surface area (TPSA) is 67.2 Å². The van der Waals surface area contributed by atoms with Gasteiger partial charge in [-0.2, -0.15) is 5.10 Å². The van der Waals surface area contributed by atoms with Gasteiger partial charge in [-0.05, 0) is 48.4 Å². The van der Waals surface area contributed by atoms with Gasteiger partial charge in [0.2, 0.25) is 5.91 Å². The highest BCUT2D eigenvalue weighted by atomic mass is 16.5. The third-order valence-corrected chi connectivity index (χ3v) is 6.86. The molecule has 0 spiro atoms. The quantitative estimate of drug-likeness (QED) is 0.604. The summed E-state index contributed by atoms with van der Waals surface area (Å²) >= 11 is 0. The number of aromatic nitrogens is 2. The number of aryl methyl sites for hydroxylation is 1. The number of likely N-dealkylation sites (tertiary alicyclic amines) is 1. The zero-order chi connectivity index (χ0) is 22.6. The van der Waals surface area contributed by atoms with E-state index in [2.05, 4.69) is 29.4 Å². The fourth-order valence-corrected chi connectivity index (χ4v) is 4.87. The molecule has 0 bridgehead atoms. The molecule has 0 aliphatic carbocycles. The molecule has 33 heavy (non-hydrogen) atoms. The van der Waals surface area contributed by atoms with Crippen LogP contribution >= 0.6 is 0 Å². The van der Waals surface area contributed by atoms with E-state index in [1.54, 1.807) is 10.7 Å². The molecule has 7 nitrogen and oxygen atoms in total. The smallest absolute Gasteiger partial charge is 0.257 e. The molecule has 0 N–H and O–H groups in total. The lowest BCUT2D eigenvalue weighted by atomic mass is 9.89. The Morgan fingerprint density at radius 1 is 0.970 bits per heavy atom. The molecule has 172 valence electrons. The van der Waals surface area contributed by atoms with Crippen molar-refractivity contribution in [2.24, 2.45) is 0 Å². The number of carbonyl (C=O) groups is 2. The summed E-state index contributed by atoms with van der Waals surface area (Å²) in [4.78, 5) is 29.5. The summed E-state index contributed by atoms with van der Waals surface area (Å²) in [6.07, 6.45) is 6.84. The van der Waals surface area contributed by atoms with Crippen molar-refractivity contribution in [3.8, 4) is 0 Å². The highest BCUT2D eigenvalue weighted by molar-refractivity contribution is 6.00. The molecule has 2 amide bonds. The summed E-state index contributed by atoms with van der Waals surface area (Å²) in [6.45, 7) is 3.96. The minimum absolute atomic E-state index is 0.0179. The van der Waals surface area contributed by atoms with Gasteiger partial charge in [-0.1, -0.05) is 30.3 Å². The fraction of sp³-hybridized carbons (Fsp3) is 0.423. The third kappa shape index (κ3) is 4.78. The second-order valence-corrected chi connectivity index (χ2v) is 8.89. The molecule has 0 atom stereocenters. The number of hydrogen-bond donors (Lipinski definition) is 0. The lowest BCUT2D eigenvalue weighted by molar-refractivity contribution is -0.132. The van der Waals surface area contributed by atoms with Crippen LogP contribution in [0.4, 0.5) is 0 Å². The maximum Gasteiger partial charge on any atom is 0.257 e. The second-order valence-electron chi connectivity index (χ2n) is 8.89. The molecule has 2 aromatic heterocycles. The number of fused-ring (bicyclic) bond motifs is 1. The van der Waals surface area contributed by atoms with Gasteiger partial charge in [-0.15, -0.1) is 0 Å². The monoisotopic (exact) mass is 446 g/mol. The van der Waals surface area contributed by atoms with Gasteiger partial charge in [0.05, 0.1) is 30.5 Å². The number of morpholine rings is 1. The first-order chi connectivity index (χ1) is 16.2. The van der Waals surface area contributed by atoms with Crippen molar-refractivity contribution in [1.29, 1.82) is 0 Å². The number of piperidine rings is 1. The van der Waals surface area contributed by atoms with Gasteiger partial charge in [0.15, 0.2) is 0 Å². The number of nitrogens with zero attached hydrogens (tertiary/aromatic N) is 4. The Kier molecular flexibility index (Phi) is 6.39. The predicted octanol–water partition coefficient (Wildman–Crippen LogP) is 3.15. The van der Waals surface area contributed by atoms with E-state index in [9.17, 15) is 9.59 Å². The SMILES string of the molecule is O=C(CCc1ccccc1)N1CCC(c2ccn3ncc(C(=O)N4CCOCC4)c3c2)CC1. The van der Waals surface area contributed by atoms with Crippen molar-refractivity contribution in [3.63, 3.8) is 0 Å². The fourth-order valence-electron chi connectivity index (χ4n) is 4.87. The van der Waals surface area contributed by atoms with Crippen molar-refractivity contribution < 1.29 is 14.3 Å². The number of amides is 2. The number of rotatable bonds is 5. The predicted molar refractivity (Wildman–Crippen MR) is 125 cm³/mol. The first-order valence-electron chi connectivity index (χ1n) is 11.8. The first kappa shape index (κ1) is 21.6. The van der Waals surface area contributed by atoms with Gasteiger partial charge in [0.25, 0.3) is 5.91 Å². The maximum atomic E-state index is 13.0. The van der Waals surface area contributed by atoms with Crippen LogP contribution in [0.15, 0.2) is 54.9 Å². The Labute approximate surface area is 193 Å². The second kappa shape index (κ2) is 9.75. The molecular formula is C26H30N4O3. The number of benzene rings is 1. The van der Waals surface area contributed by atoms with E-state index < -0.39 is 0 Å². The highest BCUT2D eigenvalue weighted by Crippen LogP contribution is 2.30. The van der Waals surface area contributed by atoms with Crippen LogP contribution in [-0.2, 0) is 16.0 Å². The average molecular weight is 447 g/mol. The van der Waals surface area contributed by atoms with Crippen molar-refractivity contribution in [3.05, 3.63) is 71.5 Å². The van der Waals surface area contributed by atoms with E-state index >= 15 is 0 Å². The Bertz CT molecular complexity index is 1110. The van der Waals surface area contributed by atoms with E-state index in [-0.39, 0.29) is 11.8 Å². The van der Waals surface area contributed by atoms with Gasteiger partial charge in [-0.3, -0.25) is 9.59 Å². The van der Waals surface area contributed by atoms with E-state index in [4.69, 9.17) is 4.74 Å². The molecule has 4 heterocycles. The van der Waals surface area contributed by atoms with Crippen LogP contribution in [-0.4, -0.2) is 70.6 Å². The van der Waals surface area contributed by atoms with Gasteiger partial charge in [0.1, 0.15) is 0 Å². The lowest BCUT2D eigenvalue weighted by Crippen LogP contribution is -2.40. The van der Waals surface area contributed by atoms with E-state index in [1.165, 1.54) is 11.1 Å². The third-order valence-electron chi connectivity index (χ3n) is 6.86. The Hall–Kier alpha value is -3.19. The van der Waals surface area contributed by atoms with Crippen LogP contribution in [0.25, 0.3) is 5.52 Å². The van der Waals surface area contributed by atoms with Gasteiger partial charge in [-0.25, -0.2) is 4.52 Å². The number of ether oxygens (including phenoxy) is 1. The van der Waals surface area contributed by atoms with Crippen LogP contribution in [0, 0.1) is 0 Å². The van der Waals surface area contributed by atoms with Crippen LogP contribution < -0.4 is 0 Å². The zero-order valence-corrected chi connectivity index (χ0v) is 18.9. The van der Waals surface area contributed by atoms with Gasteiger partial charge in [0, 0.05) is 38.8 Å². The van der Waals surface area contributed by atoms with Gasteiger partial charge < -0.3 is 14.5 Å². The Morgan fingerprint density at radius 2 is 1.73 bits per heavy atom. The minimum Gasteiger partial charge on any atom is -0.378 e. The summed E-state index contributed by atoms with van der Waals surface area (Å²) < 4.78 is 7.15. The van der Waals surface area contributed by atoms with Crippen LogP contribution in [0.1, 0.15) is 46.7 Å². The molecule has 7 heteroatoms. The summed E-state index contributed by atoms with van der Waals surface area (Å²) in [5, 5.41) is 4.39. The summed E-state index contributed by atoms with van der Waals surface area (Å²) in [5.74, 6) is 0.639. The van der Waals surface area contributed by atoms with E-state index in [1.807, 2.05) is 34.2 Å². The normalized spacial score (nSPS) is 17.5. The Morgan fingerprint density at radius 3 is 2.48 bits per heavy atom. The minimum atomic E-state index is 0.0179. The average Bonchev–Trinajstić information content (AvgIpc) is 3.31. The molecule has 2 aliphatic rings. The Balaban J connectivity index is 1.22. The molecule has 0 unspecified atom stereocenters. The molecule has 1 aromatic carbocycles. The van der Waals surface area contributed by atoms with Crippen molar-refractivity contribution in [2.45, 2.75) is 31.6 Å². The van der Waals surface area contributed by atoms with E-state index in [0.29, 0.717) is 44.2 Å². The van der Waals surface area contributed by atoms with E-state index in [0.717, 1.165) is 37.9 Å². The zero-order valence-electron chi connectivity index (χ0n) is 18.9. The first-order valence-corrected chi connectivity index (χ1v) is 11.8. The summed E-state index contributed by atoms with van der Waals surface area (Å²) in [6, 6.07) is 14.4. The van der Waals surface area contributed by atoms with Crippen LogP contribution in [0.2, 0.25) is 0 Å². The summed E-state index contributed by atoms with van der Waals surface area (Å²) in [7, 11) is 0.